The second-order valence-corrected chi connectivity index (χ2v) is 8.41. The Labute approximate surface area is 185 Å². The van der Waals surface area contributed by atoms with Crippen molar-refractivity contribution in [3.05, 3.63) is 64.3 Å². The summed E-state index contributed by atoms with van der Waals surface area (Å²) in [6, 6.07) is 13.2. The van der Waals surface area contributed by atoms with Gasteiger partial charge in [-0.3, -0.25) is 9.78 Å². The van der Waals surface area contributed by atoms with Crippen LogP contribution in [0.25, 0.3) is 10.9 Å². The number of rotatable bonds is 6. The molecule has 0 radical (unpaired) electrons. The molecule has 2 heterocycles. The Bertz CT molecular complexity index is 1070. The Balaban J connectivity index is 1.29. The molecule has 1 fully saturated rings. The predicted octanol–water partition coefficient (Wildman–Crippen LogP) is 4.87. The molecule has 0 spiro atoms. The van der Waals surface area contributed by atoms with Crippen molar-refractivity contribution in [1.82, 2.24) is 10.3 Å². The Morgan fingerprint density at radius 3 is 3.00 bits per heavy atom. The molecule has 3 aromatic rings. The highest BCUT2D eigenvalue weighted by Gasteiger charge is 2.24. The molecule has 1 aliphatic rings. The summed E-state index contributed by atoms with van der Waals surface area (Å²) < 4.78 is 5.71. The van der Waals surface area contributed by atoms with Crippen LogP contribution in [0.5, 0.6) is 5.75 Å². The lowest BCUT2D eigenvalue weighted by Gasteiger charge is -2.21. The number of hydrogen-bond donors (Lipinski definition) is 1. The van der Waals surface area contributed by atoms with E-state index in [2.05, 4.69) is 22.1 Å². The number of carbonyl (C=O) groups is 1. The third-order valence-corrected chi connectivity index (χ3v) is 5.99. The van der Waals surface area contributed by atoms with Gasteiger partial charge in [0.15, 0.2) is 6.61 Å². The van der Waals surface area contributed by atoms with Gasteiger partial charge in [-0.25, -0.2) is 0 Å². The molecule has 5 nitrogen and oxygen atoms in total. The average Bonchev–Trinajstić information content (AvgIpc) is 3.22. The van der Waals surface area contributed by atoms with E-state index in [1.807, 2.05) is 30.3 Å². The van der Waals surface area contributed by atoms with Gasteiger partial charge < -0.3 is 15.0 Å². The minimum absolute atomic E-state index is 0.0584. The van der Waals surface area contributed by atoms with E-state index in [1.54, 1.807) is 18.3 Å². The maximum atomic E-state index is 12.3. The number of hydrogen-bond acceptors (Lipinski definition) is 4. The zero-order chi connectivity index (χ0) is 21.1. The first-order chi connectivity index (χ1) is 14.5. The number of fused-ring (bicyclic) bond motifs is 1. The van der Waals surface area contributed by atoms with Crippen LogP contribution < -0.4 is 15.0 Å². The van der Waals surface area contributed by atoms with E-state index >= 15 is 0 Å². The Morgan fingerprint density at radius 2 is 2.13 bits per heavy atom. The summed E-state index contributed by atoms with van der Waals surface area (Å²) in [5.41, 5.74) is 3.03. The number of aromatic nitrogens is 1. The van der Waals surface area contributed by atoms with E-state index in [1.165, 1.54) is 11.3 Å². The van der Waals surface area contributed by atoms with Crippen molar-refractivity contribution in [3.8, 4) is 5.75 Å². The van der Waals surface area contributed by atoms with Gasteiger partial charge in [-0.1, -0.05) is 29.3 Å². The van der Waals surface area contributed by atoms with Crippen molar-refractivity contribution in [3.63, 3.8) is 0 Å². The molecular formula is C23H23Cl2N3O2. The molecule has 7 heteroatoms. The Morgan fingerprint density at radius 1 is 1.27 bits per heavy atom. The minimum atomic E-state index is -0.147. The zero-order valence-electron chi connectivity index (χ0n) is 16.7. The lowest BCUT2D eigenvalue weighted by atomic mass is 10.1. The molecule has 1 amide bonds. The van der Waals surface area contributed by atoms with Crippen LogP contribution in [0.2, 0.25) is 10.0 Å². The number of nitrogens with zero attached hydrogens (tertiary/aromatic N) is 2. The summed E-state index contributed by atoms with van der Waals surface area (Å²) >= 11 is 12.4. The molecule has 0 aliphatic carbocycles. The standard InChI is InChI=1S/C23H23Cl2N3O2/c1-15-4-5-17(24)11-20(15)28-10-8-16(13-28)12-27-22(29)14-30-21-7-6-19(25)18-3-2-9-26-23(18)21/h2-7,9,11,16H,8,10,12-14H2,1H3,(H,27,29). The van der Waals surface area contributed by atoms with Gasteiger partial charge in [0, 0.05) is 41.9 Å². The van der Waals surface area contributed by atoms with Gasteiger partial charge in [0.1, 0.15) is 11.3 Å². The summed E-state index contributed by atoms with van der Waals surface area (Å²) in [7, 11) is 0. The van der Waals surface area contributed by atoms with Crippen molar-refractivity contribution in [2.75, 3.05) is 31.1 Å². The maximum Gasteiger partial charge on any atom is 0.257 e. The van der Waals surface area contributed by atoms with Gasteiger partial charge in [0.05, 0.1) is 5.02 Å². The fraction of sp³-hybridized carbons (Fsp3) is 0.304. The number of carbonyl (C=O) groups excluding carboxylic acids is 1. The smallest absolute Gasteiger partial charge is 0.257 e. The van der Waals surface area contributed by atoms with Gasteiger partial charge in [-0.15, -0.1) is 0 Å². The highest BCUT2D eigenvalue weighted by molar-refractivity contribution is 6.35. The van der Waals surface area contributed by atoms with Crippen LogP contribution in [0, 0.1) is 12.8 Å². The molecule has 1 atom stereocenters. The first-order valence-corrected chi connectivity index (χ1v) is 10.7. The highest BCUT2D eigenvalue weighted by Crippen LogP contribution is 2.30. The number of benzene rings is 2. The predicted molar refractivity (Wildman–Crippen MR) is 122 cm³/mol. The molecule has 156 valence electrons. The molecule has 1 N–H and O–H groups in total. The molecule has 1 unspecified atom stereocenters. The second kappa shape index (κ2) is 9.11. The summed E-state index contributed by atoms with van der Waals surface area (Å²) in [5.74, 6) is 0.797. The van der Waals surface area contributed by atoms with Crippen molar-refractivity contribution >= 4 is 45.7 Å². The second-order valence-electron chi connectivity index (χ2n) is 7.57. The van der Waals surface area contributed by atoms with Crippen molar-refractivity contribution in [2.45, 2.75) is 13.3 Å². The van der Waals surface area contributed by atoms with Crippen LogP contribution in [-0.2, 0) is 4.79 Å². The maximum absolute atomic E-state index is 12.3. The average molecular weight is 444 g/mol. The summed E-state index contributed by atoms with van der Waals surface area (Å²) in [5, 5.41) is 5.15. The van der Waals surface area contributed by atoms with Gasteiger partial charge in [0.25, 0.3) is 5.91 Å². The molecule has 1 aromatic heterocycles. The topological polar surface area (TPSA) is 54.5 Å². The summed E-state index contributed by atoms with van der Waals surface area (Å²) in [6.07, 6.45) is 2.71. The quantitative estimate of drug-likeness (QED) is 0.590. The van der Waals surface area contributed by atoms with Gasteiger partial charge in [-0.2, -0.15) is 0 Å². The van der Waals surface area contributed by atoms with E-state index in [4.69, 9.17) is 27.9 Å². The zero-order valence-corrected chi connectivity index (χ0v) is 18.2. The molecule has 0 bridgehead atoms. The van der Waals surface area contributed by atoms with Crippen molar-refractivity contribution in [2.24, 2.45) is 5.92 Å². The Kier molecular flexibility index (Phi) is 6.30. The van der Waals surface area contributed by atoms with Gasteiger partial charge in [0.2, 0.25) is 0 Å². The first kappa shape index (κ1) is 20.8. The normalized spacial score (nSPS) is 16.1. The fourth-order valence-electron chi connectivity index (χ4n) is 3.82. The summed E-state index contributed by atoms with van der Waals surface area (Å²) in [4.78, 5) is 19.0. The van der Waals surface area contributed by atoms with E-state index in [9.17, 15) is 4.79 Å². The van der Waals surface area contributed by atoms with Gasteiger partial charge in [-0.05, 0) is 61.2 Å². The number of ether oxygens (including phenoxy) is 1. The van der Waals surface area contributed by atoms with Crippen LogP contribution in [0.1, 0.15) is 12.0 Å². The molecule has 30 heavy (non-hydrogen) atoms. The van der Waals surface area contributed by atoms with E-state index in [0.717, 1.165) is 29.9 Å². The largest absolute Gasteiger partial charge is 0.481 e. The number of pyridine rings is 1. The molecule has 1 aliphatic heterocycles. The number of nitrogens with one attached hydrogen (secondary N) is 1. The number of halogens is 2. The lowest BCUT2D eigenvalue weighted by Crippen LogP contribution is -2.34. The molecule has 4 rings (SSSR count). The lowest BCUT2D eigenvalue weighted by molar-refractivity contribution is -0.123. The number of amides is 1. The van der Waals surface area contributed by atoms with Crippen LogP contribution >= 0.6 is 23.2 Å². The van der Waals surface area contributed by atoms with Gasteiger partial charge >= 0.3 is 0 Å². The van der Waals surface area contributed by atoms with Crippen molar-refractivity contribution < 1.29 is 9.53 Å². The number of aryl methyl sites for hydroxylation is 1. The van der Waals surface area contributed by atoms with Crippen LogP contribution in [-0.4, -0.2) is 37.1 Å². The third kappa shape index (κ3) is 4.63. The SMILES string of the molecule is Cc1ccc(Cl)cc1N1CCC(CNC(=O)COc2ccc(Cl)c3cccnc23)C1. The van der Waals surface area contributed by atoms with E-state index < -0.39 is 0 Å². The van der Waals surface area contributed by atoms with Crippen LogP contribution in [0.15, 0.2) is 48.7 Å². The van der Waals surface area contributed by atoms with E-state index in [0.29, 0.717) is 28.8 Å². The molecule has 2 aromatic carbocycles. The fourth-order valence-corrected chi connectivity index (χ4v) is 4.20. The van der Waals surface area contributed by atoms with Crippen LogP contribution in [0.4, 0.5) is 5.69 Å². The summed E-state index contributed by atoms with van der Waals surface area (Å²) in [6.45, 7) is 4.51. The molecule has 0 saturated carbocycles. The minimum Gasteiger partial charge on any atom is -0.481 e. The number of anilines is 1. The first-order valence-electron chi connectivity index (χ1n) is 9.95. The molecule has 1 saturated heterocycles. The third-order valence-electron chi connectivity index (χ3n) is 5.42. The highest BCUT2D eigenvalue weighted by atomic mass is 35.5. The molecular weight excluding hydrogens is 421 g/mol. The van der Waals surface area contributed by atoms with Crippen molar-refractivity contribution in [1.29, 1.82) is 0 Å². The Hall–Kier alpha value is -2.50. The monoisotopic (exact) mass is 443 g/mol. The van der Waals surface area contributed by atoms with Crippen LogP contribution in [0.3, 0.4) is 0 Å². The van der Waals surface area contributed by atoms with E-state index in [-0.39, 0.29) is 12.5 Å².